The van der Waals surface area contributed by atoms with Gasteiger partial charge in [0.2, 0.25) is 0 Å². The second-order valence-electron chi connectivity index (χ2n) is 10.6. The van der Waals surface area contributed by atoms with Crippen molar-refractivity contribution in [1.29, 1.82) is 0 Å². The van der Waals surface area contributed by atoms with Gasteiger partial charge >= 0.3 is 0 Å². The van der Waals surface area contributed by atoms with Gasteiger partial charge in [-0.1, -0.05) is 115 Å². The van der Waals surface area contributed by atoms with Crippen molar-refractivity contribution < 1.29 is 0 Å². The van der Waals surface area contributed by atoms with E-state index in [1.807, 2.05) is 65.2 Å². The van der Waals surface area contributed by atoms with Gasteiger partial charge in [-0.3, -0.25) is 9.36 Å². The largest absolute Gasteiger partial charge is 0.308 e. The molecule has 0 amide bonds. The Bertz CT molecular complexity index is 2240. The molecule has 0 aliphatic rings. The van der Waals surface area contributed by atoms with Crippen LogP contribution in [0.3, 0.4) is 0 Å². The van der Waals surface area contributed by atoms with Crippen LogP contribution in [0.2, 0.25) is 0 Å². The Hall–Kier alpha value is -5.67. The molecule has 42 heavy (non-hydrogen) atoms. The fourth-order valence-electron chi connectivity index (χ4n) is 6.24. The van der Waals surface area contributed by atoms with Crippen LogP contribution in [0.1, 0.15) is 0 Å². The summed E-state index contributed by atoms with van der Waals surface area (Å²) in [6.07, 6.45) is 0. The molecule has 8 rings (SSSR count). The number of hydrogen-bond donors (Lipinski definition) is 0. The number of para-hydroxylation sites is 3. The molecule has 0 aliphatic heterocycles. The van der Waals surface area contributed by atoms with E-state index in [4.69, 9.17) is 0 Å². The minimum atomic E-state index is -0.0210. The van der Waals surface area contributed by atoms with E-state index in [1.54, 1.807) is 0 Å². The SMILES string of the molecule is O=c1c2c3ccccc3n(-c3cc(-c4ccccc4)cc(-c4ccccc4)c3)c2c2ccccc2n1-c1ccccc1. The number of fused-ring (bicyclic) bond motifs is 5. The quantitative estimate of drug-likeness (QED) is 0.219. The van der Waals surface area contributed by atoms with E-state index in [0.717, 1.165) is 66.3 Å². The average molecular weight is 539 g/mol. The predicted molar refractivity (Wildman–Crippen MR) is 175 cm³/mol. The number of nitrogens with zero attached hydrogens (tertiary/aromatic N) is 2. The summed E-state index contributed by atoms with van der Waals surface area (Å²) in [5, 5.41) is 2.69. The van der Waals surface area contributed by atoms with Crippen molar-refractivity contribution in [3.8, 4) is 33.6 Å². The van der Waals surface area contributed by atoms with Gasteiger partial charge in [0.15, 0.2) is 0 Å². The summed E-state index contributed by atoms with van der Waals surface area (Å²) in [5.41, 5.74) is 9.21. The lowest BCUT2D eigenvalue weighted by molar-refractivity contribution is 1.06. The van der Waals surface area contributed by atoms with E-state index in [1.165, 1.54) is 0 Å². The molecule has 0 atom stereocenters. The van der Waals surface area contributed by atoms with Gasteiger partial charge in [0.1, 0.15) is 0 Å². The van der Waals surface area contributed by atoms with Gasteiger partial charge in [0.05, 0.1) is 21.9 Å². The van der Waals surface area contributed by atoms with Crippen LogP contribution in [0.5, 0.6) is 0 Å². The van der Waals surface area contributed by atoms with Gasteiger partial charge in [-0.2, -0.15) is 0 Å². The van der Waals surface area contributed by atoms with E-state index in [0.29, 0.717) is 0 Å². The van der Waals surface area contributed by atoms with E-state index in [-0.39, 0.29) is 5.56 Å². The Kier molecular flexibility index (Phi) is 5.61. The number of benzene rings is 6. The molecule has 0 aliphatic carbocycles. The summed E-state index contributed by atoms with van der Waals surface area (Å²) in [7, 11) is 0. The smallest absolute Gasteiger partial charge is 0.265 e. The molecule has 2 aromatic heterocycles. The van der Waals surface area contributed by atoms with Crippen LogP contribution in [0.4, 0.5) is 0 Å². The molecule has 0 saturated carbocycles. The molecule has 3 heteroatoms. The summed E-state index contributed by atoms with van der Waals surface area (Å²) in [6.45, 7) is 0. The molecule has 0 spiro atoms. The van der Waals surface area contributed by atoms with Crippen molar-refractivity contribution in [2.24, 2.45) is 0 Å². The summed E-state index contributed by atoms with van der Waals surface area (Å²) in [6, 6.07) is 54.1. The molecule has 6 aromatic carbocycles. The van der Waals surface area contributed by atoms with Crippen LogP contribution in [0.15, 0.2) is 163 Å². The molecule has 0 N–H and O–H groups in total. The van der Waals surface area contributed by atoms with E-state index < -0.39 is 0 Å². The van der Waals surface area contributed by atoms with Crippen LogP contribution in [-0.2, 0) is 0 Å². The minimum Gasteiger partial charge on any atom is -0.308 e. The third-order valence-corrected chi connectivity index (χ3v) is 8.10. The van der Waals surface area contributed by atoms with Gasteiger partial charge in [-0.15, -0.1) is 0 Å². The van der Waals surface area contributed by atoms with E-state index in [9.17, 15) is 4.79 Å². The first-order valence-corrected chi connectivity index (χ1v) is 14.2. The fraction of sp³-hybridized carbons (Fsp3) is 0. The maximum atomic E-state index is 14.5. The Morgan fingerprint density at radius 1 is 0.381 bits per heavy atom. The molecule has 0 radical (unpaired) electrons. The fourth-order valence-corrected chi connectivity index (χ4v) is 6.24. The molecule has 198 valence electrons. The van der Waals surface area contributed by atoms with Crippen molar-refractivity contribution >= 4 is 32.7 Å². The molecular formula is C39H26N2O. The lowest BCUT2D eigenvalue weighted by atomic mass is 9.98. The first kappa shape index (κ1) is 24.2. The highest BCUT2D eigenvalue weighted by atomic mass is 16.1. The number of pyridine rings is 1. The number of hydrogen-bond acceptors (Lipinski definition) is 1. The normalized spacial score (nSPS) is 11.4. The van der Waals surface area contributed by atoms with Crippen molar-refractivity contribution in [1.82, 2.24) is 9.13 Å². The van der Waals surface area contributed by atoms with Gasteiger partial charge in [0, 0.05) is 22.1 Å². The number of aromatic nitrogens is 2. The Balaban J connectivity index is 1.54. The van der Waals surface area contributed by atoms with Crippen LogP contribution >= 0.6 is 0 Å². The summed E-state index contributed by atoms with van der Waals surface area (Å²) < 4.78 is 4.13. The first-order valence-electron chi connectivity index (χ1n) is 14.2. The van der Waals surface area contributed by atoms with Gasteiger partial charge in [0.25, 0.3) is 5.56 Å². The first-order chi connectivity index (χ1) is 20.8. The third kappa shape index (κ3) is 3.79. The molecule has 2 heterocycles. The van der Waals surface area contributed by atoms with E-state index >= 15 is 0 Å². The van der Waals surface area contributed by atoms with Crippen molar-refractivity contribution in [2.45, 2.75) is 0 Å². The number of rotatable bonds is 4. The van der Waals surface area contributed by atoms with Crippen LogP contribution in [0.25, 0.3) is 66.3 Å². The zero-order valence-electron chi connectivity index (χ0n) is 22.8. The molecular weight excluding hydrogens is 512 g/mol. The van der Waals surface area contributed by atoms with Crippen molar-refractivity contribution in [3.05, 3.63) is 168 Å². The van der Waals surface area contributed by atoms with Gasteiger partial charge in [-0.05, 0) is 64.7 Å². The molecule has 0 bridgehead atoms. The Morgan fingerprint density at radius 3 is 1.45 bits per heavy atom. The zero-order chi connectivity index (χ0) is 28.0. The highest BCUT2D eigenvalue weighted by molar-refractivity contribution is 6.17. The average Bonchev–Trinajstić information content (AvgIpc) is 3.42. The summed E-state index contributed by atoms with van der Waals surface area (Å²) in [5.74, 6) is 0. The summed E-state index contributed by atoms with van der Waals surface area (Å²) in [4.78, 5) is 14.5. The molecule has 0 saturated heterocycles. The predicted octanol–water partition coefficient (Wildman–Crippen LogP) is 9.42. The van der Waals surface area contributed by atoms with Gasteiger partial charge in [-0.25, -0.2) is 0 Å². The highest BCUT2D eigenvalue weighted by Gasteiger charge is 2.21. The van der Waals surface area contributed by atoms with Crippen molar-refractivity contribution in [3.63, 3.8) is 0 Å². The second-order valence-corrected chi connectivity index (χ2v) is 10.6. The van der Waals surface area contributed by atoms with E-state index in [2.05, 4.69) is 102 Å². The molecule has 8 aromatic rings. The maximum absolute atomic E-state index is 14.5. The second kappa shape index (κ2) is 9.76. The standard InChI is InChI=1S/C39H26N2O/c42-39-37-33-20-10-12-22-35(33)40(38(37)34-21-11-13-23-36(34)41(39)31-18-8-3-9-19-31)32-25-29(27-14-4-1-5-15-27)24-30(26-32)28-16-6-2-7-17-28/h1-26H. The zero-order valence-corrected chi connectivity index (χ0v) is 22.8. The van der Waals surface area contributed by atoms with Gasteiger partial charge < -0.3 is 4.57 Å². The monoisotopic (exact) mass is 538 g/mol. The van der Waals surface area contributed by atoms with Crippen molar-refractivity contribution in [2.75, 3.05) is 0 Å². The lowest BCUT2D eigenvalue weighted by Crippen LogP contribution is -2.19. The highest BCUT2D eigenvalue weighted by Crippen LogP contribution is 2.38. The Labute approximate surface area is 243 Å². The van der Waals surface area contributed by atoms with Crippen LogP contribution in [0, 0.1) is 0 Å². The molecule has 0 unspecified atom stereocenters. The van der Waals surface area contributed by atoms with Crippen LogP contribution in [-0.4, -0.2) is 9.13 Å². The maximum Gasteiger partial charge on any atom is 0.265 e. The third-order valence-electron chi connectivity index (χ3n) is 8.10. The minimum absolute atomic E-state index is 0.0210. The molecule has 3 nitrogen and oxygen atoms in total. The summed E-state index contributed by atoms with van der Waals surface area (Å²) >= 11 is 0. The Morgan fingerprint density at radius 2 is 0.857 bits per heavy atom. The molecule has 0 fully saturated rings. The van der Waals surface area contributed by atoms with Crippen LogP contribution < -0.4 is 5.56 Å². The topological polar surface area (TPSA) is 26.9 Å². The lowest BCUT2D eigenvalue weighted by Gasteiger charge is -2.16.